The maximum absolute atomic E-state index is 12.4. The van der Waals surface area contributed by atoms with Crippen molar-refractivity contribution in [3.63, 3.8) is 0 Å². The Kier molecular flexibility index (Phi) is 5.20. The van der Waals surface area contributed by atoms with Crippen LogP contribution in [0.15, 0.2) is 24.4 Å². The number of piperidine rings is 1. The lowest BCUT2D eigenvalue weighted by Crippen LogP contribution is -2.45. The van der Waals surface area contributed by atoms with Crippen molar-refractivity contribution < 1.29 is 4.79 Å². The predicted octanol–water partition coefficient (Wildman–Crippen LogP) is 2.60. The monoisotopic (exact) mass is 355 g/mol. The molecule has 1 N–H and O–H groups in total. The first kappa shape index (κ1) is 17.5. The van der Waals surface area contributed by atoms with Crippen LogP contribution in [0.5, 0.6) is 0 Å². The van der Waals surface area contributed by atoms with Crippen molar-refractivity contribution in [2.45, 2.75) is 57.4 Å². The number of carbonyl (C=O) groups excluding carboxylic acids is 1. The fourth-order valence-electron chi connectivity index (χ4n) is 4.37. The van der Waals surface area contributed by atoms with Crippen LogP contribution in [0, 0.1) is 5.92 Å². The molecule has 0 unspecified atom stereocenters. The zero-order chi connectivity index (χ0) is 17.9. The van der Waals surface area contributed by atoms with E-state index >= 15 is 0 Å². The first-order chi connectivity index (χ1) is 12.7. The lowest BCUT2D eigenvalue weighted by atomic mass is 9.87. The second-order valence-electron chi connectivity index (χ2n) is 8.06. The van der Waals surface area contributed by atoms with Gasteiger partial charge in [0.05, 0.1) is 6.54 Å². The van der Waals surface area contributed by atoms with Crippen molar-refractivity contribution in [2.24, 2.45) is 5.92 Å². The number of hydrogen-bond acceptors (Lipinski definition) is 4. The number of carbonyl (C=O) groups is 1. The second-order valence-corrected chi connectivity index (χ2v) is 8.06. The third-order valence-corrected chi connectivity index (χ3v) is 6.04. The molecule has 0 atom stereocenters. The Hall–Kier alpha value is -1.95. The molecule has 140 valence electrons. The van der Waals surface area contributed by atoms with Gasteiger partial charge in [-0.2, -0.15) is 0 Å². The number of rotatable bonds is 4. The Labute approximate surface area is 155 Å². The van der Waals surface area contributed by atoms with Crippen LogP contribution >= 0.6 is 0 Å². The molecule has 4 rings (SSSR count). The Balaban J connectivity index is 1.26. The highest BCUT2D eigenvalue weighted by atomic mass is 16.2. The van der Waals surface area contributed by atoms with E-state index in [4.69, 9.17) is 0 Å². The maximum Gasteiger partial charge on any atom is 0.234 e. The van der Waals surface area contributed by atoms with E-state index in [0.29, 0.717) is 18.5 Å². The van der Waals surface area contributed by atoms with Gasteiger partial charge >= 0.3 is 0 Å². The van der Waals surface area contributed by atoms with Crippen LogP contribution in [0.25, 0.3) is 5.65 Å². The lowest BCUT2D eigenvalue weighted by molar-refractivity contribution is -0.123. The Morgan fingerprint density at radius 2 is 1.88 bits per heavy atom. The number of hydrogen-bond donors (Lipinski definition) is 1. The van der Waals surface area contributed by atoms with E-state index in [2.05, 4.69) is 31.7 Å². The van der Waals surface area contributed by atoms with Gasteiger partial charge in [0.25, 0.3) is 0 Å². The summed E-state index contributed by atoms with van der Waals surface area (Å²) in [6.45, 7) is 4.73. The molecule has 0 spiro atoms. The molecular formula is C20H29N5O. The van der Waals surface area contributed by atoms with Gasteiger partial charge in [-0.05, 0) is 69.7 Å². The molecular weight excluding hydrogens is 326 g/mol. The average molecular weight is 355 g/mol. The third-order valence-electron chi connectivity index (χ3n) is 6.04. The highest BCUT2D eigenvalue weighted by molar-refractivity contribution is 5.78. The predicted molar refractivity (Wildman–Crippen MR) is 101 cm³/mol. The van der Waals surface area contributed by atoms with E-state index in [1.54, 1.807) is 0 Å². The summed E-state index contributed by atoms with van der Waals surface area (Å²) in [5.41, 5.74) is 0.908. The Bertz CT molecular complexity index is 741. The Morgan fingerprint density at radius 1 is 1.12 bits per heavy atom. The molecule has 0 aromatic carbocycles. The van der Waals surface area contributed by atoms with Crippen molar-refractivity contribution in [3.8, 4) is 0 Å². The molecule has 0 radical (unpaired) electrons. The first-order valence-electron chi connectivity index (χ1n) is 10.0. The Morgan fingerprint density at radius 3 is 2.65 bits per heavy atom. The SMILES string of the molecule is CC1CCC(NC(=O)CN2CCC(c3nnc4ccccn34)CC2)CC1. The molecule has 2 fully saturated rings. The van der Waals surface area contributed by atoms with Crippen LogP contribution in [0.2, 0.25) is 0 Å². The van der Waals surface area contributed by atoms with Crippen molar-refractivity contribution >= 4 is 11.6 Å². The van der Waals surface area contributed by atoms with Crippen LogP contribution in [0.4, 0.5) is 0 Å². The van der Waals surface area contributed by atoms with Gasteiger partial charge in [0.15, 0.2) is 5.65 Å². The minimum Gasteiger partial charge on any atom is -0.352 e. The number of pyridine rings is 1. The first-order valence-corrected chi connectivity index (χ1v) is 10.0. The molecule has 1 saturated carbocycles. The molecule has 1 aliphatic heterocycles. The summed E-state index contributed by atoms with van der Waals surface area (Å²) in [6.07, 6.45) is 8.85. The fraction of sp³-hybridized carbons (Fsp3) is 0.650. The fourth-order valence-corrected chi connectivity index (χ4v) is 4.37. The van der Waals surface area contributed by atoms with Gasteiger partial charge in [0, 0.05) is 18.2 Å². The van der Waals surface area contributed by atoms with Gasteiger partial charge in [0.2, 0.25) is 5.91 Å². The van der Waals surface area contributed by atoms with Gasteiger partial charge in [-0.1, -0.05) is 13.0 Å². The number of likely N-dealkylation sites (tertiary alicyclic amines) is 1. The van der Waals surface area contributed by atoms with Crippen molar-refractivity contribution in [2.75, 3.05) is 19.6 Å². The standard InChI is InChI=1S/C20H29N5O/c1-15-5-7-17(8-6-15)21-19(26)14-24-12-9-16(10-13-24)20-23-22-18-4-2-3-11-25(18)20/h2-4,11,15-17H,5-10,12-14H2,1H3,(H,21,26). The van der Waals surface area contributed by atoms with Crippen molar-refractivity contribution in [1.82, 2.24) is 24.8 Å². The van der Waals surface area contributed by atoms with E-state index in [9.17, 15) is 4.79 Å². The second kappa shape index (κ2) is 7.74. The third kappa shape index (κ3) is 3.90. The smallest absolute Gasteiger partial charge is 0.234 e. The highest BCUT2D eigenvalue weighted by Gasteiger charge is 2.26. The molecule has 2 aromatic heterocycles. The molecule has 6 nitrogen and oxygen atoms in total. The molecule has 2 aliphatic rings. The van der Waals surface area contributed by atoms with Gasteiger partial charge in [-0.25, -0.2) is 0 Å². The molecule has 6 heteroatoms. The van der Waals surface area contributed by atoms with Crippen molar-refractivity contribution in [3.05, 3.63) is 30.2 Å². The number of nitrogens with zero attached hydrogens (tertiary/aromatic N) is 4. The van der Waals surface area contributed by atoms with Crippen LogP contribution in [0.3, 0.4) is 0 Å². The summed E-state index contributed by atoms with van der Waals surface area (Å²) >= 11 is 0. The van der Waals surface area contributed by atoms with Crippen molar-refractivity contribution in [1.29, 1.82) is 0 Å². The van der Waals surface area contributed by atoms with E-state index < -0.39 is 0 Å². The van der Waals surface area contributed by atoms with Gasteiger partial charge < -0.3 is 5.32 Å². The zero-order valence-corrected chi connectivity index (χ0v) is 15.6. The van der Waals surface area contributed by atoms with Gasteiger partial charge in [-0.3, -0.25) is 14.1 Å². The molecule has 1 amide bonds. The number of amides is 1. The summed E-state index contributed by atoms with van der Waals surface area (Å²) in [6, 6.07) is 6.38. The molecule has 3 heterocycles. The molecule has 1 aliphatic carbocycles. The molecule has 2 aromatic rings. The average Bonchev–Trinajstić information content (AvgIpc) is 3.08. The highest BCUT2D eigenvalue weighted by Crippen LogP contribution is 2.27. The lowest BCUT2D eigenvalue weighted by Gasteiger charge is -2.32. The largest absolute Gasteiger partial charge is 0.352 e. The minimum atomic E-state index is 0.191. The van der Waals surface area contributed by atoms with Gasteiger partial charge in [0.1, 0.15) is 5.82 Å². The number of nitrogens with one attached hydrogen (secondary N) is 1. The molecule has 26 heavy (non-hydrogen) atoms. The summed E-state index contributed by atoms with van der Waals surface area (Å²) in [5.74, 6) is 2.49. The van der Waals surface area contributed by atoms with Crippen LogP contribution < -0.4 is 5.32 Å². The van der Waals surface area contributed by atoms with E-state index in [0.717, 1.165) is 56.2 Å². The number of aromatic nitrogens is 3. The topological polar surface area (TPSA) is 62.5 Å². The summed E-state index contributed by atoms with van der Waals surface area (Å²) in [4.78, 5) is 14.6. The van der Waals surface area contributed by atoms with Crippen LogP contribution in [-0.4, -0.2) is 51.1 Å². The van der Waals surface area contributed by atoms with Gasteiger partial charge in [-0.15, -0.1) is 10.2 Å². The summed E-state index contributed by atoms with van der Waals surface area (Å²) in [5, 5.41) is 11.9. The van der Waals surface area contributed by atoms with E-state index in [1.165, 1.54) is 12.8 Å². The zero-order valence-electron chi connectivity index (χ0n) is 15.6. The summed E-state index contributed by atoms with van der Waals surface area (Å²) in [7, 11) is 0. The van der Waals surface area contributed by atoms with Crippen LogP contribution in [0.1, 0.15) is 57.2 Å². The van der Waals surface area contributed by atoms with E-state index in [-0.39, 0.29) is 5.91 Å². The maximum atomic E-state index is 12.4. The normalized spacial score (nSPS) is 25.4. The quantitative estimate of drug-likeness (QED) is 0.916. The molecule has 0 bridgehead atoms. The number of fused-ring (bicyclic) bond motifs is 1. The minimum absolute atomic E-state index is 0.191. The van der Waals surface area contributed by atoms with Crippen LogP contribution in [-0.2, 0) is 4.79 Å². The summed E-state index contributed by atoms with van der Waals surface area (Å²) < 4.78 is 2.09. The molecule has 1 saturated heterocycles. The van der Waals surface area contributed by atoms with E-state index in [1.807, 2.05) is 24.4 Å².